The lowest BCUT2D eigenvalue weighted by molar-refractivity contribution is -0.126. The van der Waals surface area contributed by atoms with E-state index in [-0.39, 0.29) is 11.8 Å². The van der Waals surface area contributed by atoms with Gasteiger partial charge in [0.25, 0.3) is 0 Å². The molecule has 0 radical (unpaired) electrons. The highest BCUT2D eigenvalue weighted by Crippen LogP contribution is 2.53. The number of amides is 2. The number of nitrogens with zero attached hydrogens (tertiary/aromatic N) is 1. The largest absolute Gasteiger partial charge is 0.411 e. The average molecular weight is 256 g/mol. The first-order chi connectivity index (χ1) is 9.20. The van der Waals surface area contributed by atoms with Gasteiger partial charge in [0.1, 0.15) is 11.6 Å². The predicted octanol–water partition coefficient (Wildman–Crippen LogP) is 0.725. The number of benzene rings is 1. The zero-order valence-corrected chi connectivity index (χ0v) is 10.1. The fraction of sp³-hybridized carbons (Fsp3) is 0.357. The molecule has 0 bridgehead atoms. The molecule has 4 rings (SSSR count). The molecule has 19 heavy (non-hydrogen) atoms. The van der Waals surface area contributed by atoms with Gasteiger partial charge in [0.05, 0.1) is 5.41 Å². The number of hydrogen-bond acceptors (Lipinski definition) is 4. The quantitative estimate of drug-likeness (QED) is 0.408. The molecule has 0 unspecified atom stereocenters. The van der Waals surface area contributed by atoms with Crippen molar-refractivity contribution in [2.45, 2.75) is 24.7 Å². The third-order valence-electron chi connectivity index (χ3n) is 4.67. The van der Waals surface area contributed by atoms with E-state index in [0.717, 1.165) is 29.5 Å². The van der Waals surface area contributed by atoms with Crippen molar-refractivity contribution < 1.29 is 14.8 Å². The van der Waals surface area contributed by atoms with Crippen LogP contribution >= 0.6 is 0 Å². The maximum absolute atomic E-state index is 12.4. The lowest BCUT2D eigenvalue weighted by atomic mass is 9.67. The number of nitrogens with one attached hydrogen (secondary N) is 1. The summed E-state index contributed by atoms with van der Waals surface area (Å²) in [4.78, 5) is 24.4. The van der Waals surface area contributed by atoms with Crippen molar-refractivity contribution in [2.75, 3.05) is 0 Å². The first kappa shape index (κ1) is 10.7. The standard InChI is InChI=1S/C14H12N2O3/c17-12-10-11(16-19)8-5-1-3-7-4-2-6-14(10,9(7)8)13(18)15-12/h1,3,5,10,19H,2,4,6H2,(H,15,17,18)/b16-11+/t10-,14-/m0/s1. The Balaban J connectivity index is 2.13. The van der Waals surface area contributed by atoms with Crippen LogP contribution in [0.15, 0.2) is 23.4 Å². The van der Waals surface area contributed by atoms with Crippen molar-refractivity contribution in [2.24, 2.45) is 11.1 Å². The summed E-state index contributed by atoms with van der Waals surface area (Å²) in [5, 5.41) is 15.0. The Morgan fingerprint density at radius 1 is 1.37 bits per heavy atom. The summed E-state index contributed by atoms with van der Waals surface area (Å²) in [6.45, 7) is 0. The van der Waals surface area contributed by atoms with Crippen LogP contribution in [-0.4, -0.2) is 22.7 Å². The Bertz CT molecular complexity index is 665. The second-order valence-corrected chi connectivity index (χ2v) is 5.40. The second-order valence-electron chi connectivity index (χ2n) is 5.40. The summed E-state index contributed by atoms with van der Waals surface area (Å²) < 4.78 is 0. The summed E-state index contributed by atoms with van der Waals surface area (Å²) in [6, 6.07) is 5.72. The minimum Gasteiger partial charge on any atom is -0.411 e. The molecule has 96 valence electrons. The number of oxime groups is 1. The topological polar surface area (TPSA) is 78.8 Å². The van der Waals surface area contributed by atoms with Crippen molar-refractivity contribution >= 4 is 17.5 Å². The summed E-state index contributed by atoms with van der Waals surface area (Å²) in [7, 11) is 0. The van der Waals surface area contributed by atoms with E-state index < -0.39 is 11.3 Å². The first-order valence-electron chi connectivity index (χ1n) is 6.40. The molecule has 1 saturated heterocycles. The summed E-state index contributed by atoms with van der Waals surface area (Å²) in [5.74, 6) is -1.25. The second kappa shape index (κ2) is 3.23. The molecule has 1 spiro atoms. The lowest BCUT2D eigenvalue weighted by Gasteiger charge is -2.31. The molecule has 1 aliphatic heterocycles. The van der Waals surface area contributed by atoms with Crippen molar-refractivity contribution in [1.29, 1.82) is 0 Å². The molecule has 1 aromatic carbocycles. The Labute approximate surface area is 109 Å². The van der Waals surface area contributed by atoms with Crippen LogP contribution in [0, 0.1) is 5.92 Å². The minimum absolute atomic E-state index is 0.241. The molecule has 0 saturated carbocycles. The minimum atomic E-state index is -0.831. The Kier molecular flexibility index (Phi) is 1.82. The van der Waals surface area contributed by atoms with E-state index >= 15 is 0 Å². The van der Waals surface area contributed by atoms with E-state index in [4.69, 9.17) is 0 Å². The Morgan fingerprint density at radius 2 is 2.21 bits per heavy atom. The van der Waals surface area contributed by atoms with Gasteiger partial charge in [0.2, 0.25) is 11.8 Å². The Morgan fingerprint density at radius 3 is 3.00 bits per heavy atom. The molecular formula is C14H12N2O3. The SMILES string of the molecule is O=C1NC(=O)[C@@]23CCCc4cccc(c42)/C(=N\O)[C@@H]13. The van der Waals surface area contributed by atoms with Gasteiger partial charge in [-0.25, -0.2) is 0 Å². The Hall–Kier alpha value is -2.17. The third kappa shape index (κ3) is 1.01. The van der Waals surface area contributed by atoms with Crippen LogP contribution in [-0.2, 0) is 21.4 Å². The maximum atomic E-state index is 12.4. The zero-order chi connectivity index (χ0) is 13.2. The number of hydrogen-bond donors (Lipinski definition) is 2. The number of carbonyl (C=O) groups excluding carboxylic acids is 2. The van der Waals surface area contributed by atoms with Crippen LogP contribution < -0.4 is 5.32 Å². The van der Waals surface area contributed by atoms with Gasteiger partial charge in [-0.15, -0.1) is 0 Å². The molecular weight excluding hydrogens is 244 g/mol. The molecule has 5 nitrogen and oxygen atoms in total. The van der Waals surface area contributed by atoms with Gasteiger partial charge < -0.3 is 5.21 Å². The zero-order valence-electron chi connectivity index (χ0n) is 10.1. The van der Waals surface area contributed by atoms with Crippen LogP contribution in [0.1, 0.15) is 29.5 Å². The van der Waals surface area contributed by atoms with E-state index in [1.54, 1.807) is 0 Å². The van der Waals surface area contributed by atoms with Gasteiger partial charge in [-0.1, -0.05) is 23.4 Å². The average Bonchev–Trinajstić information content (AvgIpc) is 2.84. The smallest absolute Gasteiger partial charge is 0.238 e. The van der Waals surface area contributed by atoms with Crippen molar-refractivity contribution in [3.8, 4) is 0 Å². The van der Waals surface area contributed by atoms with Crippen LogP contribution in [0.3, 0.4) is 0 Å². The molecule has 0 aromatic heterocycles. The van der Waals surface area contributed by atoms with Crippen LogP contribution in [0.25, 0.3) is 0 Å². The van der Waals surface area contributed by atoms with Gasteiger partial charge in [0, 0.05) is 5.56 Å². The highest BCUT2D eigenvalue weighted by Gasteiger charge is 2.64. The molecule has 2 atom stereocenters. The number of carbonyl (C=O) groups is 2. The summed E-state index contributed by atoms with van der Waals surface area (Å²) in [5.41, 5.74) is 2.26. The van der Waals surface area contributed by atoms with E-state index in [1.807, 2.05) is 18.2 Å². The van der Waals surface area contributed by atoms with Gasteiger partial charge >= 0.3 is 0 Å². The molecule has 1 fully saturated rings. The first-order valence-corrected chi connectivity index (χ1v) is 6.40. The molecule has 3 aliphatic rings. The van der Waals surface area contributed by atoms with Crippen LogP contribution in [0.5, 0.6) is 0 Å². The highest BCUT2D eigenvalue weighted by atomic mass is 16.4. The summed E-state index contributed by atoms with van der Waals surface area (Å²) >= 11 is 0. The van der Waals surface area contributed by atoms with Gasteiger partial charge in [0.15, 0.2) is 0 Å². The highest BCUT2D eigenvalue weighted by molar-refractivity contribution is 6.29. The molecule has 1 heterocycles. The van der Waals surface area contributed by atoms with Crippen LogP contribution in [0.2, 0.25) is 0 Å². The number of aryl methyl sites for hydroxylation is 1. The van der Waals surface area contributed by atoms with Crippen molar-refractivity contribution in [3.05, 3.63) is 34.9 Å². The van der Waals surface area contributed by atoms with Gasteiger partial charge in [-0.3, -0.25) is 14.9 Å². The van der Waals surface area contributed by atoms with Gasteiger partial charge in [-0.2, -0.15) is 0 Å². The molecule has 2 amide bonds. The third-order valence-corrected chi connectivity index (χ3v) is 4.67. The van der Waals surface area contributed by atoms with E-state index in [0.29, 0.717) is 12.1 Å². The molecule has 5 heteroatoms. The fourth-order valence-electron chi connectivity index (χ4n) is 4.02. The van der Waals surface area contributed by atoms with E-state index in [2.05, 4.69) is 10.5 Å². The maximum Gasteiger partial charge on any atom is 0.238 e. The van der Waals surface area contributed by atoms with Crippen molar-refractivity contribution in [1.82, 2.24) is 5.32 Å². The van der Waals surface area contributed by atoms with Gasteiger partial charge in [-0.05, 0) is 30.4 Å². The predicted molar refractivity (Wildman–Crippen MR) is 66.0 cm³/mol. The lowest BCUT2D eigenvalue weighted by Crippen LogP contribution is -2.40. The van der Waals surface area contributed by atoms with E-state index in [9.17, 15) is 14.8 Å². The van der Waals surface area contributed by atoms with E-state index in [1.165, 1.54) is 0 Å². The fourth-order valence-corrected chi connectivity index (χ4v) is 4.02. The molecule has 2 aliphatic carbocycles. The van der Waals surface area contributed by atoms with Crippen molar-refractivity contribution in [3.63, 3.8) is 0 Å². The summed E-state index contributed by atoms with van der Waals surface area (Å²) in [6.07, 6.45) is 2.41. The monoisotopic (exact) mass is 256 g/mol. The number of rotatable bonds is 0. The van der Waals surface area contributed by atoms with Crippen LogP contribution in [0.4, 0.5) is 0 Å². The number of imide groups is 1. The molecule has 1 aromatic rings. The normalized spacial score (nSPS) is 33.3. The molecule has 2 N–H and O–H groups in total.